The highest BCUT2D eigenvalue weighted by Gasteiger charge is 2.35. The molecule has 1 saturated heterocycles. The highest BCUT2D eigenvalue weighted by atomic mass is 16.5. The molecule has 0 aromatic carbocycles. The molecule has 3 heterocycles. The average molecular weight is 344 g/mol. The predicted octanol–water partition coefficient (Wildman–Crippen LogP) is 2.51. The summed E-state index contributed by atoms with van der Waals surface area (Å²) in [7, 11) is 1.92. The minimum Gasteiger partial charge on any atom is -0.377 e. The van der Waals surface area contributed by atoms with Crippen LogP contribution in [-0.2, 0) is 11.8 Å². The summed E-state index contributed by atoms with van der Waals surface area (Å²) in [6.07, 6.45) is 3.49. The van der Waals surface area contributed by atoms with E-state index in [4.69, 9.17) is 9.26 Å². The third kappa shape index (κ3) is 2.76. The molecule has 0 radical (unpaired) electrons. The van der Waals surface area contributed by atoms with Crippen molar-refractivity contribution >= 4 is 5.91 Å². The van der Waals surface area contributed by atoms with E-state index < -0.39 is 0 Å². The number of ether oxygens (including phenoxy) is 1. The Bertz CT molecular complexity index is 790. The molecule has 7 heteroatoms. The van der Waals surface area contributed by atoms with Gasteiger partial charge in [0.15, 0.2) is 0 Å². The zero-order valence-electron chi connectivity index (χ0n) is 15.0. The summed E-state index contributed by atoms with van der Waals surface area (Å²) in [5.41, 5.74) is 3.96. The fourth-order valence-corrected chi connectivity index (χ4v) is 3.79. The maximum atomic E-state index is 13.1. The zero-order chi connectivity index (χ0) is 17.6. The van der Waals surface area contributed by atoms with Crippen molar-refractivity contribution < 1.29 is 14.1 Å². The van der Waals surface area contributed by atoms with Crippen LogP contribution < -0.4 is 0 Å². The molecular weight excluding hydrogens is 320 g/mol. The van der Waals surface area contributed by atoms with Gasteiger partial charge in [-0.25, -0.2) is 0 Å². The minimum absolute atomic E-state index is 0.117. The van der Waals surface area contributed by atoms with Gasteiger partial charge in [0.2, 0.25) is 5.76 Å². The molecule has 4 rings (SSSR count). The number of nitrogens with zero attached hydrogens (tertiary/aromatic N) is 4. The molecule has 134 valence electrons. The highest BCUT2D eigenvalue weighted by Crippen LogP contribution is 2.36. The first-order valence-corrected chi connectivity index (χ1v) is 8.91. The number of morpholine rings is 1. The molecule has 1 unspecified atom stereocenters. The second-order valence-corrected chi connectivity index (χ2v) is 7.04. The molecule has 1 saturated carbocycles. The first-order chi connectivity index (χ1) is 12.1. The number of hydrogen-bond donors (Lipinski definition) is 0. The standard InChI is InChI=1S/C18H24N4O3/c1-11-17(12(2)21(3)19-11)15-10-24-8-7-22(15)18(23)16-9-14(20-25-16)13-5-4-6-13/h9,13,15H,4-8,10H2,1-3H3. The Morgan fingerprint density at radius 3 is 2.76 bits per heavy atom. The number of hydrogen-bond acceptors (Lipinski definition) is 5. The molecule has 2 aromatic rings. The van der Waals surface area contributed by atoms with Gasteiger partial charge in [0.25, 0.3) is 5.91 Å². The highest BCUT2D eigenvalue weighted by molar-refractivity contribution is 5.92. The Kier molecular flexibility index (Phi) is 4.11. The summed E-state index contributed by atoms with van der Waals surface area (Å²) in [5, 5.41) is 8.61. The van der Waals surface area contributed by atoms with Gasteiger partial charge < -0.3 is 14.2 Å². The third-order valence-corrected chi connectivity index (χ3v) is 5.55. The number of carbonyl (C=O) groups is 1. The normalized spacial score (nSPS) is 21.4. The third-order valence-electron chi connectivity index (χ3n) is 5.55. The maximum absolute atomic E-state index is 13.1. The lowest BCUT2D eigenvalue weighted by Gasteiger charge is -2.35. The van der Waals surface area contributed by atoms with Crippen LogP contribution in [0.5, 0.6) is 0 Å². The van der Waals surface area contributed by atoms with E-state index in [-0.39, 0.29) is 11.9 Å². The predicted molar refractivity (Wildman–Crippen MR) is 90.4 cm³/mol. The second-order valence-electron chi connectivity index (χ2n) is 7.04. The van der Waals surface area contributed by atoms with Crippen molar-refractivity contribution in [1.82, 2.24) is 19.8 Å². The van der Waals surface area contributed by atoms with Gasteiger partial charge >= 0.3 is 0 Å². The molecule has 2 aliphatic rings. The van der Waals surface area contributed by atoms with Crippen LogP contribution in [0, 0.1) is 13.8 Å². The van der Waals surface area contributed by atoms with Crippen LogP contribution in [0.1, 0.15) is 64.4 Å². The molecule has 0 bridgehead atoms. The maximum Gasteiger partial charge on any atom is 0.293 e. The molecule has 1 aliphatic heterocycles. The number of carbonyl (C=O) groups excluding carboxylic acids is 1. The molecule has 7 nitrogen and oxygen atoms in total. The van der Waals surface area contributed by atoms with Crippen LogP contribution >= 0.6 is 0 Å². The molecule has 0 spiro atoms. The van der Waals surface area contributed by atoms with Crippen LogP contribution in [0.15, 0.2) is 10.6 Å². The van der Waals surface area contributed by atoms with Crippen LogP contribution in [0.4, 0.5) is 0 Å². The van der Waals surface area contributed by atoms with Crippen molar-refractivity contribution in [3.63, 3.8) is 0 Å². The summed E-state index contributed by atoms with van der Waals surface area (Å²) in [6, 6.07) is 1.67. The van der Waals surface area contributed by atoms with Gasteiger partial charge in [-0.3, -0.25) is 9.48 Å². The Hall–Kier alpha value is -2.15. The number of amides is 1. The Morgan fingerprint density at radius 2 is 2.12 bits per heavy atom. The summed E-state index contributed by atoms with van der Waals surface area (Å²) in [6.45, 7) is 5.54. The molecule has 2 aromatic heterocycles. The van der Waals surface area contributed by atoms with Gasteiger partial charge in [0.05, 0.1) is 30.6 Å². The van der Waals surface area contributed by atoms with Crippen molar-refractivity contribution in [2.24, 2.45) is 7.05 Å². The molecule has 25 heavy (non-hydrogen) atoms. The fourth-order valence-electron chi connectivity index (χ4n) is 3.79. The lowest BCUT2D eigenvalue weighted by atomic mass is 9.83. The topological polar surface area (TPSA) is 73.4 Å². The van der Waals surface area contributed by atoms with Gasteiger partial charge in [-0.05, 0) is 26.7 Å². The summed E-state index contributed by atoms with van der Waals surface area (Å²) >= 11 is 0. The smallest absolute Gasteiger partial charge is 0.293 e. The van der Waals surface area contributed by atoms with Gasteiger partial charge in [0.1, 0.15) is 0 Å². The average Bonchev–Trinajstić information content (AvgIpc) is 3.11. The first kappa shape index (κ1) is 16.3. The van der Waals surface area contributed by atoms with E-state index in [1.165, 1.54) is 6.42 Å². The van der Waals surface area contributed by atoms with Crippen molar-refractivity contribution in [1.29, 1.82) is 0 Å². The van der Waals surface area contributed by atoms with E-state index in [0.717, 1.165) is 35.5 Å². The number of aryl methyl sites for hydroxylation is 2. The van der Waals surface area contributed by atoms with E-state index >= 15 is 0 Å². The fraction of sp³-hybridized carbons (Fsp3) is 0.611. The van der Waals surface area contributed by atoms with E-state index in [2.05, 4.69) is 10.3 Å². The van der Waals surface area contributed by atoms with E-state index in [0.29, 0.717) is 31.4 Å². The molecule has 1 atom stereocenters. The van der Waals surface area contributed by atoms with Gasteiger partial charge in [-0.1, -0.05) is 11.6 Å². The van der Waals surface area contributed by atoms with E-state index in [1.54, 1.807) is 0 Å². The zero-order valence-corrected chi connectivity index (χ0v) is 15.0. The Labute approximate surface area is 146 Å². The van der Waals surface area contributed by atoms with Crippen molar-refractivity contribution in [2.45, 2.75) is 45.1 Å². The summed E-state index contributed by atoms with van der Waals surface area (Å²) in [4.78, 5) is 14.9. The number of rotatable bonds is 3. The lowest BCUT2D eigenvalue weighted by Crippen LogP contribution is -2.43. The molecule has 2 fully saturated rings. The second kappa shape index (κ2) is 6.29. The molecule has 1 amide bonds. The largest absolute Gasteiger partial charge is 0.377 e. The van der Waals surface area contributed by atoms with Crippen molar-refractivity contribution in [3.8, 4) is 0 Å². The Morgan fingerprint density at radius 1 is 1.32 bits per heavy atom. The lowest BCUT2D eigenvalue weighted by molar-refractivity contribution is -0.00500. The quantitative estimate of drug-likeness (QED) is 0.855. The van der Waals surface area contributed by atoms with Crippen molar-refractivity contribution in [2.75, 3.05) is 19.8 Å². The SMILES string of the molecule is Cc1nn(C)c(C)c1C1COCCN1C(=O)c1cc(C2CCC2)no1. The van der Waals surface area contributed by atoms with Crippen LogP contribution in [0.3, 0.4) is 0 Å². The first-order valence-electron chi connectivity index (χ1n) is 8.91. The van der Waals surface area contributed by atoms with Crippen LogP contribution in [0.2, 0.25) is 0 Å². The van der Waals surface area contributed by atoms with E-state index in [1.807, 2.05) is 36.5 Å². The monoisotopic (exact) mass is 344 g/mol. The summed E-state index contributed by atoms with van der Waals surface area (Å²) < 4.78 is 12.9. The van der Waals surface area contributed by atoms with Gasteiger partial charge in [0, 0.05) is 36.8 Å². The molecule has 1 aliphatic carbocycles. The molecule has 0 N–H and O–H groups in total. The minimum atomic E-state index is -0.146. The van der Waals surface area contributed by atoms with E-state index in [9.17, 15) is 4.79 Å². The Balaban J connectivity index is 1.62. The van der Waals surface area contributed by atoms with Gasteiger partial charge in [-0.15, -0.1) is 0 Å². The summed E-state index contributed by atoms with van der Waals surface area (Å²) in [5.74, 6) is 0.663. The number of aromatic nitrogens is 3. The molecular formula is C18H24N4O3. The van der Waals surface area contributed by atoms with Gasteiger partial charge in [-0.2, -0.15) is 5.10 Å². The van der Waals surface area contributed by atoms with Crippen LogP contribution in [-0.4, -0.2) is 45.5 Å². The van der Waals surface area contributed by atoms with Crippen molar-refractivity contribution in [3.05, 3.63) is 34.5 Å². The van der Waals surface area contributed by atoms with Crippen LogP contribution in [0.25, 0.3) is 0 Å².